The van der Waals surface area contributed by atoms with Gasteiger partial charge in [-0.15, -0.1) is 0 Å². The summed E-state index contributed by atoms with van der Waals surface area (Å²) < 4.78 is 5.39. The van der Waals surface area contributed by atoms with Crippen LogP contribution in [-0.4, -0.2) is 0 Å². The highest BCUT2D eigenvalue weighted by molar-refractivity contribution is 5.85. The first kappa shape index (κ1) is 9.22. The number of rotatable bonds is 2. The van der Waals surface area contributed by atoms with Crippen molar-refractivity contribution in [3.05, 3.63) is 72.2 Å². The number of hydrogen-bond acceptors (Lipinski definition) is 1. The van der Waals surface area contributed by atoms with Crippen LogP contribution < -0.4 is 0 Å². The molecular weight excluding hydrogens is 196 g/mol. The molecule has 0 radical (unpaired) electrons. The monoisotopic (exact) mass is 208 g/mol. The Morgan fingerprint density at radius 1 is 0.812 bits per heavy atom. The van der Waals surface area contributed by atoms with E-state index in [1.165, 1.54) is 16.3 Å². The molecule has 1 aromatic heterocycles. The molecule has 1 heteroatoms. The Morgan fingerprint density at radius 2 is 1.69 bits per heavy atom. The summed E-state index contributed by atoms with van der Waals surface area (Å²) in [5.41, 5.74) is 1.31. The zero-order valence-electron chi connectivity index (χ0n) is 8.89. The van der Waals surface area contributed by atoms with Gasteiger partial charge in [0.05, 0.1) is 6.26 Å². The highest BCUT2D eigenvalue weighted by Gasteiger charge is 2.02. The van der Waals surface area contributed by atoms with Gasteiger partial charge in [-0.25, -0.2) is 0 Å². The molecule has 0 aliphatic rings. The fraction of sp³-hybridized carbons (Fsp3) is 0.0667. The Labute approximate surface area is 94.3 Å². The fourth-order valence-electron chi connectivity index (χ4n) is 2.05. The third kappa shape index (κ3) is 1.61. The molecule has 0 N–H and O–H groups in total. The molecule has 16 heavy (non-hydrogen) atoms. The van der Waals surface area contributed by atoms with Crippen LogP contribution in [0.5, 0.6) is 0 Å². The average molecular weight is 208 g/mol. The largest absolute Gasteiger partial charge is 0.469 e. The SMILES string of the molecule is c1coc(Cc2cccc3ccccc23)c1. The van der Waals surface area contributed by atoms with Gasteiger partial charge in [0.25, 0.3) is 0 Å². The lowest BCUT2D eigenvalue weighted by Gasteiger charge is -2.04. The number of hydrogen-bond donors (Lipinski definition) is 0. The first-order chi connectivity index (χ1) is 7.93. The topological polar surface area (TPSA) is 13.1 Å². The Morgan fingerprint density at radius 3 is 2.56 bits per heavy atom. The number of fused-ring (bicyclic) bond motifs is 1. The minimum absolute atomic E-state index is 0.856. The predicted octanol–water partition coefficient (Wildman–Crippen LogP) is 4.02. The molecular formula is C15H12O. The summed E-state index contributed by atoms with van der Waals surface area (Å²) >= 11 is 0. The minimum Gasteiger partial charge on any atom is -0.469 e. The van der Waals surface area contributed by atoms with Gasteiger partial charge >= 0.3 is 0 Å². The Bertz CT molecular complexity index is 588. The van der Waals surface area contributed by atoms with Crippen LogP contribution in [-0.2, 0) is 6.42 Å². The Hall–Kier alpha value is -2.02. The van der Waals surface area contributed by atoms with Crippen LogP contribution in [0.1, 0.15) is 11.3 Å². The van der Waals surface area contributed by atoms with E-state index in [0.717, 1.165) is 12.2 Å². The molecule has 0 spiro atoms. The van der Waals surface area contributed by atoms with Gasteiger partial charge in [0, 0.05) is 6.42 Å². The zero-order chi connectivity index (χ0) is 10.8. The summed E-state index contributed by atoms with van der Waals surface area (Å²) in [4.78, 5) is 0. The molecule has 3 rings (SSSR count). The third-order valence-electron chi connectivity index (χ3n) is 2.82. The molecule has 1 nitrogen and oxygen atoms in total. The second-order valence-corrected chi connectivity index (χ2v) is 3.89. The van der Waals surface area contributed by atoms with Gasteiger partial charge in [0.1, 0.15) is 5.76 Å². The smallest absolute Gasteiger partial charge is 0.108 e. The van der Waals surface area contributed by atoms with Gasteiger partial charge in [-0.2, -0.15) is 0 Å². The van der Waals surface area contributed by atoms with E-state index in [9.17, 15) is 0 Å². The molecule has 0 unspecified atom stereocenters. The zero-order valence-corrected chi connectivity index (χ0v) is 8.89. The van der Waals surface area contributed by atoms with Crippen LogP contribution in [0.2, 0.25) is 0 Å². The molecule has 0 saturated carbocycles. The van der Waals surface area contributed by atoms with Gasteiger partial charge in [0.2, 0.25) is 0 Å². The van der Waals surface area contributed by atoms with Crippen LogP contribution in [0.25, 0.3) is 10.8 Å². The predicted molar refractivity (Wildman–Crippen MR) is 65.5 cm³/mol. The maximum absolute atomic E-state index is 5.39. The van der Waals surface area contributed by atoms with Crippen LogP contribution >= 0.6 is 0 Å². The van der Waals surface area contributed by atoms with Crippen molar-refractivity contribution < 1.29 is 4.42 Å². The van der Waals surface area contributed by atoms with Crippen molar-refractivity contribution in [3.8, 4) is 0 Å². The molecule has 0 saturated heterocycles. The van der Waals surface area contributed by atoms with E-state index in [0.29, 0.717) is 0 Å². The molecule has 0 atom stereocenters. The van der Waals surface area contributed by atoms with Crippen LogP contribution in [0.15, 0.2) is 65.3 Å². The van der Waals surface area contributed by atoms with Crippen LogP contribution in [0.4, 0.5) is 0 Å². The first-order valence-corrected chi connectivity index (χ1v) is 5.42. The molecule has 0 bridgehead atoms. The van der Waals surface area contributed by atoms with Crippen molar-refractivity contribution in [2.45, 2.75) is 6.42 Å². The molecule has 78 valence electrons. The van der Waals surface area contributed by atoms with Gasteiger partial charge in [-0.05, 0) is 28.5 Å². The van der Waals surface area contributed by atoms with Gasteiger partial charge in [-0.1, -0.05) is 42.5 Å². The summed E-state index contributed by atoms with van der Waals surface area (Å²) in [5.74, 6) is 1.01. The lowest BCUT2D eigenvalue weighted by molar-refractivity contribution is 0.521. The highest BCUT2D eigenvalue weighted by Crippen LogP contribution is 2.21. The van der Waals surface area contributed by atoms with Crippen LogP contribution in [0, 0.1) is 0 Å². The maximum Gasteiger partial charge on any atom is 0.108 e. The second-order valence-electron chi connectivity index (χ2n) is 3.89. The van der Waals surface area contributed by atoms with E-state index in [1.807, 2.05) is 12.1 Å². The van der Waals surface area contributed by atoms with Crippen molar-refractivity contribution in [2.75, 3.05) is 0 Å². The molecule has 0 amide bonds. The van der Waals surface area contributed by atoms with Crippen molar-refractivity contribution in [2.24, 2.45) is 0 Å². The van der Waals surface area contributed by atoms with E-state index in [-0.39, 0.29) is 0 Å². The lowest BCUT2D eigenvalue weighted by Crippen LogP contribution is -1.87. The Balaban J connectivity index is 2.10. The van der Waals surface area contributed by atoms with Crippen molar-refractivity contribution in [1.82, 2.24) is 0 Å². The molecule has 2 aromatic carbocycles. The van der Waals surface area contributed by atoms with Gasteiger partial charge in [0.15, 0.2) is 0 Å². The number of furan rings is 1. The molecule has 0 fully saturated rings. The summed E-state index contributed by atoms with van der Waals surface area (Å²) in [7, 11) is 0. The highest BCUT2D eigenvalue weighted by atomic mass is 16.3. The minimum atomic E-state index is 0.856. The van der Waals surface area contributed by atoms with Crippen molar-refractivity contribution >= 4 is 10.8 Å². The quantitative estimate of drug-likeness (QED) is 0.619. The third-order valence-corrected chi connectivity index (χ3v) is 2.82. The van der Waals surface area contributed by atoms with Crippen molar-refractivity contribution in [1.29, 1.82) is 0 Å². The summed E-state index contributed by atoms with van der Waals surface area (Å²) in [6.45, 7) is 0. The van der Waals surface area contributed by atoms with E-state index in [4.69, 9.17) is 4.42 Å². The van der Waals surface area contributed by atoms with Crippen LogP contribution in [0.3, 0.4) is 0 Å². The molecule has 0 aliphatic heterocycles. The van der Waals surface area contributed by atoms with Crippen molar-refractivity contribution in [3.63, 3.8) is 0 Å². The fourth-order valence-corrected chi connectivity index (χ4v) is 2.05. The summed E-state index contributed by atoms with van der Waals surface area (Å²) in [6.07, 6.45) is 2.58. The first-order valence-electron chi connectivity index (χ1n) is 5.42. The van der Waals surface area contributed by atoms with E-state index < -0.39 is 0 Å². The average Bonchev–Trinajstić information content (AvgIpc) is 2.82. The molecule has 3 aromatic rings. The van der Waals surface area contributed by atoms with Gasteiger partial charge < -0.3 is 4.42 Å². The second kappa shape index (κ2) is 3.86. The lowest BCUT2D eigenvalue weighted by atomic mass is 10.0. The standard InChI is InChI=1S/C15H12O/c1-2-9-15-12(5-1)6-3-7-13(15)11-14-8-4-10-16-14/h1-10H,11H2. The maximum atomic E-state index is 5.39. The molecule has 0 aliphatic carbocycles. The summed E-state index contributed by atoms with van der Waals surface area (Å²) in [6, 6.07) is 18.8. The van der Waals surface area contributed by atoms with E-state index in [2.05, 4.69) is 42.5 Å². The normalized spacial score (nSPS) is 10.8. The number of benzene rings is 2. The van der Waals surface area contributed by atoms with Gasteiger partial charge in [-0.3, -0.25) is 0 Å². The van der Waals surface area contributed by atoms with E-state index in [1.54, 1.807) is 6.26 Å². The summed E-state index contributed by atoms with van der Waals surface area (Å²) in [5, 5.41) is 2.59. The Kier molecular flexibility index (Phi) is 2.22. The van der Waals surface area contributed by atoms with E-state index >= 15 is 0 Å². The molecule has 1 heterocycles.